The van der Waals surface area contributed by atoms with Gasteiger partial charge < -0.3 is 10.6 Å². The van der Waals surface area contributed by atoms with E-state index in [0.717, 1.165) is 32.2 Å². The lowest BCUT2D eigenvalue weighted by Gasteiger charge is -2.35. The number of nitrogens with zero attached hydrogens (tertiary/aromatic N) is 1. The highest BCUT2D eigenvalue weighted by Gasteiger charge is 2.26. The summed E-state index contributed by atoms with van der Waals surface area (Å²) in [5, 5.41) is 0. The van der Waals surface area contributed by atoms with E-state index in [0.29, 0.717) is 12.1 Å². The van der Waals surface area contributed by atoms with Crippen LogP contribution in [0.5, 0.6) is 0 Å². The van der Waals surface area contributed by atoms with Crippen LogP contribution in [0.1, 0.15) is 31.2 Å². The standard InChI is InChI=1S/C15H21FN2O/c16-14-7-2-1-5-12(14)11-15(19)18-10-4-3-6-13(18)8-9-17/h1-2,5,7,13H,3-4,6,8-11,17H2. The van der Waals surface area contributed by atoms with Gasteiger partial charge in [0.25, 0.3) is 0 Å². The van der Waals surface area contributed by atoms with Crippen molar-refractivity contribution in [3.05, 3.63) is 35.6 Å². The lowest BCUT2D eigenvalue weighted by atomic mass is 9.98. The Kier molecular flexibility index (Phi) is 4.91. The van der Waals surface area contributed by atoms with Crippen molar-refractivity contribution in [1.82, 2.24) is 4.90 Å². The molecular formula is C15H21FN2O. The van der Waals surface area contributed by atoms with Crippen LogP contribution in [0.15, 0.2) is 24.3 Å². The van der Waals surface area contributed by atoms with Crippen LogP contribution < -0.4 is 5.73 Å². The summed E-state index contributed by atoms with van der Waals surface area (Å²) in [5.74, 6) is -0.286. The fourth-order valence-electron chi connectivity index (χ4n) is 2.73. The van der Waals surface area contributed by atoms with E-state index in [2.05, 4.69) is 0 Å². The SMILES string of the molecule is NCCC1CCCCN1C(=O)Cc1ccccc1F. The van der Waals surface area contributed by atoms with Crippen molar-refractivity contribution in [3.8, 4) is 0 Å². The van der Waals surface area contributed by atoms with Gasteiger partial charge in [-0.25, -0.2) is 4.39 Å². The summed E-state index contributed by atoms with van der Waals surface area (Å²) in [5.41, 5.74) is 6.08. The van der Waals surface area contributed by atoms with Crippen molar-refractivity contribution >= 4 is 5.91 Å². The largest absolute Gasteiger partial charge is 0.339 e. The molecule has 4 heteroatoms. The Morgan fingerprint density at radius 3 is 2.89 bits per heavy atom. The van der Waals surface area contributed by atoms with Gasteiger partial charge in [0.15, 0.2) is 0 Å². The van der Waals surface area contributed by atoms with E-state index in [1.165, 1.54) is 6.07 Å². The van der Waals surface area contributed by atoms with E-state index in [9.17, 15) is 9.18 Å². The van der Waals surface area contributed by atoms with Gasteiger partial charge in [0.1, 0.15) is 5.82 Å². The summed E-state index contributed by atoms with van der Waals surface area (Å²) >= 11 is 0. The van der Waals surface area contributed by atoms with Crippen molar-refractivity contribution < 1.29 is 9.18 Å². The van der Waals surface area contributed by atoms with Gasteiger partial charge in [-0.2, -0.15) is 0 Å². The van der Waals surface area contributed by atoms with Crippen LogP contribution >= 0.6 is 0 Å². The van der Waals surface area contributed by atoms with E-state index < -0.39 is 0 Å². The van der Waals surface area contributed by atoms with Crippen molar-refractivity contribution in [2.24, 2.45) is 5.73 Å². The van der Waals surface area contributed by atoms with E-state index in [1.807, 2.05) is 4.90 Å². The predicted molar refractivity (Wildman–Crippen MR) is 73.1 cm³/mol. The number of amides is 1. The first-order chi connectivity index (χ1) is 9.22. The molecule has 1 fully saturated rings. The van der Waals surface area contributed by atoms with Crippen LogP contribution in [0.4, 0.5) is 4.39 Å². The van der Waals surface area contributed by atoms with Gasteiger partial charge in [-0.15, -0.1) is 0 Å². The minimum atomic E-state index is -0.303. The average Bonchev–Trinajstić information content (AvgIpc) is 2.42. The number of likely N-dealkylation sites (tertiary alicyclic amines) is 1. The maximum Gasteiger partial charge on any atom is 0.227 e. The van der Waals surface area contributed by atoms with Crippen molar-refractivity contribution in [2.45, 2.75) is 38.1 Å². The normalized spacial score (nSPS) is 19.5. The van der Waals surface area contributed by atoms with Gasteiger partial charge in [0.05, 0.1) is 6.42 Å². The molecule has 2 N–H and O–H groups in total. The molecular weight excluding hydrogens is 243 g/mol. The van der Waals surface area contributed by atoms with E-state index in [-0.39, 0.29) is 24.2 Å². The summed E-state index contributed by atoms with van der Waals surface area (Å²) in [4.78, 5) is 14.2. The topological polar surface area (TPSA) is 46.3 Å². The van der Waals surface area contributed by atoms with Gasteiger partial charge >= 0.3 is 0 Å². The Balaban J connectivity index is 2.03. The number of hydrogen-bond donors (Lipinski definition) is 1. The lowest BCUT2D eigenvalue weighted by molar-refractivity contribution is -0.134. The van der Waals surface area contributed by atoms with Crippen molar-refractivity contribution in [1.29, 1.82) is 0 Å². The molecule has 1 aromatic carbocycles. The zero-order valence-electron chi connectivity index (χ0n) is 11.1. The molecule has 1 heterocycles. The van der Waals surface area contributed by atoms with E-state index in [4.69, 9.17) is 5.73 Å². The molecule has 1 atom stereocenters. The summed E-state index contributed by atoms with van der Waals surface area (Å²) in [6, 6.07) is 6.71. The maximum atomic E-state index is 13.6. The Morgan fingerprint density at radius 2 is 2.16 bits per heavy atom. The fraction of sp³-hybridized carbons (Fsp3) is 0.533. The Morgan fingerprint density at radius 1 is 1.37 bits per heavy atom. The monoisotopic (exact) mass is 264 g/mol. The number of hydrogen-bond acceptors (Lipinski definition) is 2. The van der Waals surface area contributed by atoms with Crippen molar-refractivity contribution in [3.63, 3.8) is 0 Å². The van der Waals surface area contributed by atoms with Crippen LogP contribution in [0.2, 0.25) is 0 Å². The highest BCUT2D eigenvalue weighted by atomic mass is 19.1. The highest BCUT2D eigenvalue weighted by Crippen LogP contribution is 2.21. The molecule has 1 unspecified atom stereocenters. The third kappa shape index (κ3) is 3.53. The van der Waals surface area contributed by atoms with Crippen LogP contribution in [-0.2, 0) is 11.2 Å². The molecule has 0 aromatic heterocycles. The minimum absolute atomic E-state index is 0.0169. The molecule has 1 amide bonds. The third-order valence-corrected chi connectivity index (χ3v) is 3.75. The number of halogens is 1. The number of benzene rings is 1. The molecule has 3 nitrogen and oxygen atoms in total. The van der Waals surface area contributed by atoms with Gasteiger partial charge in [-0.05, 0) is 43.9 Å². The summed E-state index contributed by atoms with van der Waals surface area (Å²) in [6.07, 6.45) is 4.18. The Bertz CT molecular complexity index is 434. The van der Waals surface area contributed by atoms with Crippen molar-refractivity contribution in [2.75, 3.05) is 13.1 Å². The van der Waals surface area contributed by atoms with Crippen LogP contribution in [0.25, 0.3) is 0 Å². The van der Waals surface area contributed by atoms with Crippen LogP contribution in [0.3, 0.4) is 0 Å². The second kappa shape index (κ2) is 6.66. The quantitative estimate of drug-likeness (QED) is 0.905. The summed E-state index contributed by atoms with van der Waals surface area (Å²) in [7, 11) is 0. The van der Waals surface area contributed by atoms with Gasteiger partial charge in [0.2, 0.25) is 5.91 Å². The predicted octanol–water partition coefficient (Wildman–Crippen LogP) is 2.10. The first-order valence-electron chi connectivity index (χ1n) is 6.95. The number of piperidine rings is 1. The van der Waals surface area contributed by atoms with Gasteiger partial charge in [-0.3, -0.25) is 4.79 Å². The zero-order chi connectivity index (χ0) is 13.7. The van der Waals surface area contributed by atoms with Gasteiger partial charge in [0, 0.05) is 12.6 Å². The number of rotatable bonds is 4. The fourth-order valence-corrected chi connectivity index (χ4v) is 2.73. The molecule has 104 valence electrons. The lowest BCUT2D eigenvalue weighted by Crippen LogP contribution is -2.45. The molecule has 0 saturated carbocycles. The second-order valence-corrected chi connectivity index (χ2v) is 5.08. The number of nitrogens with two attached hydrogens (primary N) is 1. The molecule has 0 radical (unpaired) electrons. The average molecular weight is 264 g/mol. The molecule has 1 aliphatic rings. The minimum Gasteiger partial charge on any atom is -0.339 e. The van der Waals surface area contributed by atoms with E-state index in [1.54, 1.807) is 18.2 Å². The molecule has 2 rings (SSSR count). The maximum absolute atomic E-state index is 13.6. The molecule has 0 aliphatic carbocycles. The molecule has 0 bridgehead atoms. The van der Waals surface area contributed by atoms with E-state index >= 15 is 0 Å². The third-order valence-electron chi connectivity index (χ3n) is 3.75. The molecule has 1 aliphatic heterocycles. The number of carbonyl (C=O) groups excluding carboxylic acids is 1. The first-order valence-corrected chi connectivity index (χ1v) is 6.95. The molecule has 19 heavy (non-hydrogen) atoms. The van der Waals surface area contributed by atoms with Crippen LogP contribution in [-0.4, -0.2) is 29.9 Å². The molecule has 1 aromatic rings. The highest BCUT2D eigenvalue weighted by molar-refractivity contribution is 5.79. The first kappa shape index (κ1) is 14.0. The summed E-state index contributed by atoms with van der Waals surface area (Å²) in [6.45, 7) is 1.37. The van der Waals surface area contributed by atoms with Gasteiger partial charge in [-0.1, -0.05) is 18.2 Å². The summed E-state index contributed by atoms with van der Waals surface area (Å²) < 4.78 is 13.6. The zero-order valence-corrected chi connectivity index (χ0v) is 11.1. The number of carbonyl (C=O) groups is 1. The molecule has 0 spiro atoms. The smallest absolute Gasteiger partial charge is 0.227 e. The van der Waals surface area contributed by atoms with Crippen LogP contribution in [0, 0.1) is 5.82 Å². The second-order valence-electron chi connectivity index (χ2n) is 5.08. The Hall–Kier alpha value is -1.42. The molecule has 1 saturated heterocycles. The Labute approximate surface area is 113 Å².